The predicted octanol–water partition coefficient (Wildman–Crippen LogP) is 14.2. The van der Waals surface area contributed by atoms with E-state index in [1.165, 1.54) is 32.1 Å². The van der Waals surface area contributed by atoms with Crippen molar-refractivity contribution in [1.82, 2.24) is 0 Å². The van der Waals surface area contributed by atoms with E-state index in [0.29, 0.717) is 13.0 Å². The van der Waals surface area contributed by atoms with E-state index in [1.807, 2.05) is 0 Å². The molecule has 2 unspecified atom stereocenters. The van der Waals surface area contributed by atoms with Crippen LogP contribution in [-0.2, 0) is 27.9 Å². The van der Waals surface area contributed by atoms with Gasteiger partial charge in [-0.1, -0.05) is 174 Å². The van der Waals surface area contributed by atoms with Gasteiger partial charge in [-0.3, -0.25) is 13.8 Å². The highest BCUT2D eigenvalue weighted by Gasteiger charge is 2.25. The van der Waals surface area contributed by atoms with Gasteiger partial charge in [0, 0.05) is 19.6 Å². The molecule has 0 heterocycles. The topological polar surface area (TPSA) is 117 Å². The van der Waals surface area contributed by atoms with Crippen LogP contribution in [0.5, 0.6) is 0 Å². The van der Waals surface area contributed by atoms with Crippen molar-refractivity contribution in [3.05, 3.63) is 122 Å². The van der Waals surface area contributed by atoms with Crippen molar-refractivity contribution in [1.29, 1.82) is 0 Å². The van der Waals surface area contributed by atoms with Crippen molar-refractivity contribution in [2.45, 2.75) is 161 Å². The maximum atomic E-state index is 12.6. The average Bonchev–Trinajstić information content (AvgIpc) is 3.24. The van der Waals surface area contributed by atoms with E-state index >= 15 is 0 Å². The number of carbonyl (C=O) groups excluding carboxylic acids is 1. The van der Waals surface area contributed by atoms with Crippen LogP contribution in [0.2, 0.25) is 0 Å². The second-order valence-electron chi connectivity index (χ2n) is 14.5. The summed E-state index contributed by atoms with van der Waals surface area (Å²) < 4.78 is 33.4. The third kappa shape index (κ3) is 46.0. The van der Waals surface area contributed by atoms with Crippen LogP contribution >= 0.6 is 7.82 Å². The fourth-order valence-electron chi connectivity index (χ4n) is 5.59. The minimum Gasteiger partial charge on any atom is -0.457 e. The molecule has 0 bridgehead atoms. The summed E-state index contributed by atoms with van der Waals surface area (Å²) in [6, 6.07) is 0. The number of hydrogen-bond donors (Lipinski definition) is 2. The molecule has 0 spiro atoms. The quantitative estimate of drug-likeness (QED) is 0.0270. The van der Waals surface area contributed by atoms with Crippen molar-refractivity contribution in [3.8, 4) is 0 Å². The molecule has 0 fully saturated rings. The maximum absolute atomic E-state index is 12.6. The summed E-state index contributed by atoms with van der Waals surface area (Å²) in [4.78, 5) is 22.5. The average molecular weight is 854 g/mol. The Morgan fingerprint density at radius 2 is 0.883 bits per heavy atom. The van der Waals surface area contributed by atoms with Crippen LogP contribution in [0.15, 0.2) is 122 Å². The summed E-state index contributed by atoms with van der Waals surface area (Å²) in [7, 11) is -4.31. The number of hydrogen-bond acceptors (Lipinski definition) is 7. The highest BCUT2D eigenvalue weighted by molar-refractivity contribution is 7.47. The summed E-state index contributed by atoms with van der Waals surface area (Å²) in [5.41, 5.74) is 5.37. The predicted molar refractivity (Wildman–Crippen MR) is 256 cm³/mol. The second-order valence-corrected chi connectivity index (χ2v) is 16.0. The van der Waals surface area contributed by atoms with Gasteiger partial charge in [0.05, 0.1) is 19.8 Å². The molecular formula is C51H84NO7P. The van der Waals surface area contributed by atoms with Gasteiger partial charge in [-0.05, 0) is 96.3 Å². The van der Waals surface area contributed by atoms with Crippen LogP contribution < -0.4 is 5.73 Å². The molecule has 0 aliphatic heterocycles. The number of esters is 1. The molecule has 8 nitrogen and oxygen atoms in total. The molecule has 0 saturated carbocycles. The van der Waals surface area contributed by atoms with E-state index in [2.05, 4.69) is 135 Å². The zero-order chi connectivity index (χ0) is 43.7. The summed E-state index contributed by atoms with van der Waals surface area (Å²) in [6.45, 7) is 4.57. The first-order valence-corrected chi connectivity index (χ1v) is 24.5. The zero-order valence-corrected chi connectivity index (χ0v) is 38.5. The molecule has 0 rings (SSSR count). The summed E-state index contributed by atoms with van der Waals surface area (Å²) in [6.07, 6.45) is 65.1. The Kier molecular flexibility index (Phi) is 44.5. The number of phosphoric ester groups is 1. The molecule has 60 heavy (non-hydrogen) atoms. The number of unbranched alkanes of at least 4 members (excludes halogenated alkanes) is 9. The minimum atomic E-state index is -4.31. The molecule has 340 valence electrons. The number of allylic oxidation sites excluding steroid dienone is 20. The molecule has 0 aromatic carbocycles. The van der Waals surface area contributed by atoms with Gasteiger partial charge in [-0.25, -0.2) is 4.57 Å². The number of carbonyl (C=O) groups is 1. The van der Waals surface area contributed by atoms with E-state index < -0.39 is 19.9 Å². The van der Waals surface area contributed by atoms with Gasteiger partial charge in [0.15, 0.2) is 0 Å². The lowest BCUT2D eigenvalue weighted by atomic mass is 10.1. The third-order valence-electron chi connectivity index (χ3n) is 8.87. The monoisotopic (exact) mass is 854 g/mol. The first-order chi connectivity index (χ1) is 29.4. The number of rotatable bonds is 42. The van der Waals surface area contributed by atoms with E-state index in [1.54, 1.807) is 0 Å². The summed E-state index contributed by atoms with van der Waals surface area (Å²) in [5, 5.41) is 0. The Hall–Kier alpha value is -3.10. The van der Waals surface area contributed by atoms with Crippen LogP contribution in [0.4, 0.5) is 0 Å². The lowest BCUT2D eigenvalue weighted by molar-refractivity contribution is -0.154. The Morgan fingerprint density at radius 3 is 1.32 bits per heavy atom. The molecule has 0 aliphatic rings. The molecular weight excluding hydrogens is 770 g/mol. The van der Waals surface area contributed by atoms with Crippen LogP contribution in [0.1, 0.15) is 155 Å². The number of nitrogens with two attached hydrogens (primary N) is 1. The van der Waals surface area contributed by atoms with Crippen molar-refractivity contribution in [3.63, 3.8) is 0 Å². The first-order valence-electron chi connectivity index (χ1n) is 23.0. The van der Waals surface area contributed by atoms with Crippen LogP contribution in [-0.4, -0.2) is 49.9 Å². The van der Waals surface area contributed by atoms with Gasteiger partial charge in [-0.2, -0.15) is 0 Å². The lowest BCUT2D eigenvalue weighted by Gasteiger charge is -2.20. The molecule has 0 saturated heterocycles. The molecule has 0 radical (unpaired) electrons. The third-order valence-corrected chi connectivity index (χ3v) is 9.86. The largest absolute Gasteiger partial charge is 0.472 e. The van der Waals surface area contributed by atoms with E-state index in [-0.39, 0.29) is 32.8 Å². The molecule has 0 aliphatic carbocycles. The summed E-state index contributed by atoms with van der Waals surface area (Å²) >= 11 is 0. The standard InChI is InChI=1S/C51H84NO7P/c1-3-5-7-9-11-13-15-17-19-21-23-24-25-26-27-28-30-32-34-36-38-40-42-44-51(53)59-50(49-58-60(54,55)57-47-45-52)48-56-46-43-41-39-37-35-33-31-29-22-20-18-16-14-12-10-8-6-4-2/h5-8,11-14,17-20,23-24,26-27,30,32,36,38,50H,3-4,9-10,15-16,21-22,25,28-29,31,33-35,37,39-49,52H2,1-2H3,(H,54,55)/b7-5-,8-6-,13-11-,14-12-,19-17-,20-18-,24-23-,27-26-,32-30-,38-36-. The van der Waals surface area contributed by atoms with Crippen molar-refractivity contribution in [2.24, 2.45) is 5.73 Å². The van der Waals surface area contributed by atoms with Gasteiger partial charge in [0.2, 0.25) is 0 Å². The molecule has 0 amide bonds. The Bertz CT molecular complexity index is 1320. The van der Waals surface area contributed by atoms with Crippen LogP contribution in [0.25, 0.3) is 0 Å². The highest BCUT2D eigenvalue weighted by atomic mass is 31.2. The van der Waals surface area contributed by atoms with Crippen molar-refractivity contribution < 1.29 is 32.8 Å². The van der Waals surface area contributed by atoms with E-state index in [9.17, 15) is 14.3 Å². The summed E-state index contributed by atoms with van der Waals surface area (Å²) in [5.74, 6) is -0.396. The fraction of sp³-hybridized carbons (Fsp3) is 0.588. The van der Waals surface area contributed by atoms with Crippen LogP contribution in [0.3, 0.4) is 0 Å². The van der Waals surface area contributed by atoms with Crippen LogP contribution in [0, 0.1) is 0 Å². The SMILES string of the molecule is CC/C=C\C/C=C\C/C=C\C/C=C\C/C=C\C/C=C\C/C=C\CCCC(=O)OC(COCCCCCCCCCC/C=C\C/C=C\C/C=C\CC)COP(=O)(O)OCCN. The Labute approximate surface area is 366 Å². The Morgan fingerprint density at radius 1 is 0.500 bits per heavy atom. The van der Waals surface area contributed by atoms with Crippen molar-refractivity contribution in [2.75, 3.05) is 33.0 Å². The smallest absolute Gasteiger partial charge is 0.457 e. The number of ether oxygens (including phenoxy) is 2. The second kappa shape index (κ2) is 47.0. The van der Waals surface area contributed by atoms with E-state index in [4.69, 9.17) is 24.3 Å². The first kappa shape index (κ1) is 56.9. The molecule has 2 atom stereocenters. The molecule has 0 aromatic heterocycles. The molecule has 3 N–H and O–H groups in total. The van der Waals surface area contributed by atoms with E-state index in [0.717, 1.165) is 96.3 Å². The van der Waals surface area contributed by atoms with Gasteiger partial charge < -0.3 is 20.1 Å². The van der Waals surface area contributed by atoms with Gasteiger partial charge in [-0.15, -0.1) is 0 Å². The number of phosphoric acid groups is 1. The minimum absolute atomic E-state index is 0.0789. The van der Waals surface area contributed by atoms with Crippen molar-refractivity contribution >= 4 is 13.8 Å². The van der Waals surface area contributed by atoms with Gasteiger partial charge in [0.1, 0.15) is 6.10 Å². The Balaban J connectivity index is 4.17. The zero-order valence-electron chi connectivity index (χ0n) is 37.6. The fourth-order valence-corrected chi connectivity index (χ4v) is 6.35. The van der Waals surface area contributed by atoms with Gasteiger partial charge >= 0.3 is 13.8 Å². The molecule has 0 aromatic rings. The lowest BCUT2D eigenvalue weighted by Crippen LogP contribution is -2.28. The normalized spacial score (nSPS) is 14.5. The maximum Gasteiger partial charge on any atom is 0.472 e. The molecule has 9 heteroatoms. The van der Waals surface area contributed by atoms with Gasteiger partial charge in [0.25, 0.3) is 0 Å². The highest BCUT2D eigenvalue weighted by Crippen LogP contribution is 2.43.